The summed E-state index contributed by atoms with van der Waals surface area (Å²) in [7, 11) is 0. The molecule has 0 bridgehead atoms. The summed E-state index contributed by atoms with van der Waals surface area (Å²) in [4.78, 5) is 27.5. The van der Waals surface area contributed by atoms with Crippen molar-refractivity contribution < 1.29 is 18.7 Å². The van der Waals surface area contributed by atoms with Crippen molar-refractivity contribution in [3.8, 4) is 0 Å². The highest BCUT2D eigenvalue weighted by Gasteiger charge is 2.32. The molecule has 0 saturated heterocycles. The Bertz CT molecular complexity index is 1010. The number of alkyl carbamates (subject to hydrolysis) is 1. The van der Waals surface area contributed by atoms with Gasteiger partial charge in [0.25, 0.3) is 5.91 Å². The molecule has 0 aliphatic heterocycles. The van der Waals surface area contributed by atoms with Crippen LogP contribution < -0.4 is 11.1 Å². The zero-order valence-corrected chi connectivity index (χ0v) is 17.9. The maximum absolute atomic E-state index is 15.3. The Morgan fingerprint density at radius 1 is 1.23 bits per heavy atom. The van der Waals surface area contributed by atoms with E-state index in [1.807, 2.05) is 20.8 Å². The minimum absolute atomic E-state index is 0.0383. The van der Waals surface area contributed by atoms with Gasteiger partial charge in [0.1, 0.15) is 11.4 Å². The van der Waals surface area contributed by atoms with Gasteiger partial charge in [-0.25, -0.2) is 9.18 Å². The number of halogens is 1. The first-order chi connectivity index (χ1) is 14.1. The number of ether oxygens (including phenoxy) is 1. The Hall–Kier alpha value is -2.57. The molecule has 0 radical (unpaired) electrons. The smallest absolute Gasteiger partial charge is 0.407 e. The number of hydrogen-bond acceptors (Lipinski definition) is 3. The quantitative estimate of drug-likeness (QED) is 0.691. The van der Waals surface area contributed by atoms with E-state index in [0.717, 1.165) is 55.2 Å². The Morgan fingerprint density at radius 3 is 2.70 bits per heavy atom. The Balaban J connectivity index is 1.67. The maximum atomic E-state index is 15.3. The van der Waals surface area contributed by atoms with Gasteiger partial charge in [0.15, 0.2) is 0 Å². The predicted octanol–water partition coefficient (Wildman–Crippen LogP) is 4.45. The van der Waals surface area contributed by atoms with Crippen molar-refractivity contribution in [1.82, 2.24) is 10.3 Å². The van der Waals surface area contributed by atoms with Crippen molar-refractivity contribution in [2.24, 2.45) is 5.73 Å². The SMILES string of the molecule is CC(C)(C)OC(=O)N[C@H]1CCCC(c2c(F)cc(C(N)=O)c3[nH]c4c(c23)CCC4)C1. The normalized spacial score (nSPS) is 21.5. The number of hydrogen-bond donors (Lipinski definition) is 3. The third-order valence-corrected chi connectivity index (χ3v) is 6.18. The van der Waals surface area contributed by atoms with Gasteiger partial charge in [-0.1, -0.05) is 6.42 Å². The number of aryl methyl sites for hydroxylation is 2. The first-order valence-electron chi connectivity index (χ1n) is 10.8. The number of carbonyl (C=O) groups excluding carboxylic acids is 2. The molecule has 2 aliphatic rings. The van der Waals surface area contributed by atoms with E-state index in [2.05, 4.69) is 10.3 Å². The molecule has 1 fully saturated rings. The molecule has 2 aromatic rings. The number of nitrogens with one attached hydrogen (secondary N) is 2. The summed E-state index contributed by atoms with van der Waals surface area (Å²) in [6, 6.07) is 1.20. The minimum atomic E-state index is -0.626. The van der Waals surface area contributed by atoms with E-state index in [1.165, 1.54) is 6.07 Å². The molecule has 4 rings (SSSR count). The molecule has 1 aromatic carbocycles. The Morgan fingerprint density at radius 2 is 2.00 bits per heavy atom. The molecular formula is C23H30FN3O3. The number of fused-ring (bicyclic) bond motifs is 3. The Labute approximate surface area is 175 Å². The van der Waals surface area contributed by atoms with E-state index < -0.39 is 17.6 Å². The van der Waals surface area contributed by atoms with Crippen LogP contribution in [0, 0.1) is 5.82 Å². The molecular weight excluding hydrogens is 385 g/mol. The molecule has 7 heteroatoms. The zero-order chi connectivity index (χ0) is 21.6. The second-order valence-electron chi connectivity index (χ2n) is 9.58. The van der Waals surface area contributed by atoms with Gasteiger partial charge in [-0.15, -0.1) is 0 Å². The third kappa shape index (κ3) is 3.89. The van der Waals surface area contributed by atoms with Crippen LogP contribution in [0.3, 0.4) is 0 Å². The van der Waals surface area contributed by atoms with Gasteiger partial charge in [0.2, 0.25) is 0 Å². The number of amides is 2. The van der Waals surface area contributed by atoms with Crippen molar-refractivity contribution in [3.05, 3.63) is 34.3 Å². The van der Waals surface area contributed by atoms with E-state index in [1.54, 1.807) is 0 Å². The summed E-state index contributed by atoms with van der Waals surface area (Å²) in [6.45, 7) is 5.49. The summed E-state index contributed by atoms with van der Waals surface area (Å²) in [6.07, 6.45) is 5.56. The monoisotopic (exact) mass is 415 g/mol. The van der Waals surface area contributed by atoms with Crippen LogP contribution in [0.4, 0.5) is 9.18 Å². The van der Waals surface area contributed by atoms with Crippen LogP contribution in [-0.2, 0) is 17.6 Å². The molecule has 1 saturated carbocycles. The summed E-state index contributed by atoms with van der Waals surface area (Å²) >= 11 is 0. The molecule has 1 aromatic heterocycles. The van der Waals surface area contributed by atoms with Gasteiger partial charge in [-0.3, -0.25) is 4.79 Å². The van der Waals surface area contributed by atoms with Gasteiger partial charge in [0, 0.05) is 22.7 Å². The predicted molar refractivity (Wildman–Crippen MR) is 113 cm³/mol. The van der Waals surface area contributed by atoms with Crippen molar-refractivity contribution in [2.45, 2.75) is 83.3 Å². The fourth-order valence-electron chi connectivity index (χ4n) is 5.07. The number of carbonyl (C=O) groups is 2. The number of primary amides is 1. The largest absolute Gasteiger partial charge is 0.444 e. The van der Waals surface area contributed by atoms with Crippen LogP contribution >= 0.6 is 0 Å². The number of benzene rings is 1. The summed E-state index contributed by atoms with van der Waals surface area (Å²) in [5.74, 6) is -1.05. The molecule has 4 N–H and O–H groups in total. The highest BCUT2D eigenvalue weighted by atomic mass is 19.1. The van der Waals surface area contributed by atoms with Gasteiger partial charge in [0.05, 0.1) is 11.1 Å². The molecule has 6 nitrogen and oxygen atoms in total. The molecule has 1 heterocycles. The van der Waals surface area contributed by atoms with Crippen LogP contribution in [0.2, 0.25) is 0 Å². The molecule has 2 amide bonds. The highest BCUT2D eigenvalue weighted by Crippen LogP contribution is 2.43. The first-order valence-corrected chi connectivity index (χ1v) is 10.8. The lowest BCUT2D eigenvalue weighted by molar-refractivity contribution is 0.0490. The summed E-state index contributed by atoms with van der Waals surface area (Å²) < 4.78 is 20.7. The van der Waals surface area contributed by atoms with Crippen LogP contribution in [0.1, 0.15) is 86.0 Å². The van der Waals surface area contributed by atoms with E-state index in [4.69, 9.17) is 10.5 Å². The van der Waals surface area contributed by atoms with Crippen molar-refractivity contribution in [1.29, 1.82) is 0 Å². The van der Waals surface area contributed by atoms with Crippen molar-refractivity contribution in [3.63, 3.8) is 0 Å². The second-order valence-corrected chi connectivity index (χ2v) is 9.58. The topological polar surface area (TPSA) is 97.2 Å². The number of rotatable bonds is 3. The van der Waals surface area contributed by atoms with Gasteiger partial charge in [-0.05, 0) is 76.8 Å². The fraction of sp³-hybridized carbons (Fsp3) is 0.565. The van der Waals surface area contributed by atoms with E-state index in [0.29, 0.717) is 17.5 Å². The number of aromatic nitrogens is 1. The molecule has 162 valence electrons. The Kier molecular flexibility index (Phi) is 5.24. The average molecular weight is 416 g/mol. The summed E-state index contributed by atoms with van der Waals surface area (Å²) in [5, 5.41) is 3.79. The van der Waals surface area contributed by atoms with Crippen molar-refractivity contribution >= 4 is 22.9 Å². The van der Waals surface area contributed by atoms with E-state index >= 15 is 4.39 Å². The lowest BCUT2D eigenvalue weighted by Gasteiger charge is -2.31. The lowest BCUT2D eigenvalue weighted by atomic mass is 9.79. The summed E-state index contributed by atoms with van der Waals surface area (Å²) in [5.41, 5.74) is 8.69. The highest BCUT2D eigenvalue weighted by molar-refractivity contribution is 6.07. The van der Waals surface area contributed by atoms with Crippen LogP contribution in [0.15, 0.2) is 6.07 Å². The van der Waals surface area contributed by atoms with Gasteiger partial charge >= 0.3 is 6.09 Å². The molecule has 1 unspecified atom stereocenters. The van der Waals surface area contributed by atoms with Crippen molar-refractivity contribution in [2.75, 3.05) is 0 Å². The molecule has 0 spiro atoms. The van der Waals surface area contributed by atoms with E-state index in [-0.39, 0.29) is 23.3 Å². The van der Waals surface area contributed by atoms with Crippen LogP contribution in [0.5, 0.6) is 0 Å². The van der Waals surface area contributed by atoms with Crippen LogP contribution in [-0.4, -0.2) is 28.6 Å². The molecule has 2 aliphatic carbocycles. The van der Waals surface area contributed by atoms with Gasteiger partial charge < -0.3 is 20.8 Å². The van der Waals surface area contributed by atoms with Crippen LogP contribution in [0.25, 0.3) is 10.9 Å². The third-order valence-electron chi connectivity index (χ3n) is 6.18. The first kappa shape index (κ1) is 20.7. The zero-order valence-electron chi connectivity index (χ0n) is 17.9. The van der Waals surface area contributed by atoms with E-state index in [9.17, 15) is 9.59 Å². The lowest BCUT2D eigenvalue weighted by Crippen LogP contribution is -2.41. The number of nitrogens with two attached hydrogens (primary N) is 1. The number of aromatic amines is 1. The molecule has 30 heavy (non-hydrogen) atoms. The van der Waals surface area contributed by atoms with Gasteiger partial charge in [-0.2, -0.15) is 0 Å². The average Bonchev–Trinajstić information content (AvgIpc) is 3.21. The number of H-pyrrole nitrogens is 1. The minimum Gasteiger partial charge on any atom is -0.444 e. The standard InChI is InChI=1S/C23H30FN3O3/c1-23(2,3)30-22(29)26-13-7-4-6-12(10-13)18-16(24)11-15(21(25)28)20-19(18)14-8-5-9-17(14)27-20/h11-13,27H,4-10H2,1-3H3,(H2,25,28)(H,26,29)/t12?,13-/m0/s1. The molecule has 2 atom stereocenters. The fourth-order valence-corrected chi connectivity index (χ4v) is 5.07. The second kappa shape index (κ2) is 7.60. The maximum Gasteiger partial charge on any atom is 0.407 e.